The van der Waals surface area contributed by atoms with Gasteiger partial charge in [-0.1, -0.05) is 6.07 Å². The molecule has 1 unspecified atom stereocenters. The first-order chi connectivity index (χ1) is 8.61. The first-order valence-corrected chi connectivity index (χ1v) is 6.39. The summed E-state index contributed by atoms with van der Waals surface area (Å²) in [5.74, 6) is 0.950. The van der Waals surface area contributed by atoms with Crippen LogP contribution in [0.4, 0.5) is 0 Å². The molecule has 1 heterocycles. The molecular weight excluding hydrogens is 226 g/mol. The topological polar surface area (TPSA) is 23.4 Å². The molecule has 0 saturated heterocycles. The van der Waals surface area contributed by atoms with Gasteiger partial charge in [0.05, 0.1) is 17.7 Å². The normalized spacial score (nSPS) is 13.2. The van der Waals surface area contributed by atoms with Crippen molar-refractivity contribution in [3.63, 3.8) is 0 Å². The highest BCUT2D eigenvalue weighted by Gasteiger charge is 2.09. The molecule has 18 heavy (non-hydrogen) atoms. The second-order valence-corrected chi connectivity index (χ2v) is 4.87. The van der Waals surface area contributed by atoms with E-state index in [1.165, 1.54) is 5.52 Å². The second-order valence-electron chi connectivity index (χ2n) is 4.87. The molecule has 1 aromatic heterocycles. The minimum absolute atomic E-state index is 0.192. The van der Waals surface area contributed by atoms with Gasteiger partial charge in [0.2, 0.25) is 0 Å². The van der Waals surface area contributed by atoms with Crippen LogP contribution in [0.5, 0.6) is 5.75 Å². The van der Waals surface area contributed by atoms with E-state index in [0.29, 0.717) is 0 Å². The van der Waals surface area contributed by atoms with Gasteiger partial charge >= 0.3 is 0 Å². The maximum absolute atomic E-state index is 5.83. The predicted molar refractivity (Wildman–Crippen MR) is 74.2 cm³/mol. The van der Waals surface area contributed by atoms with Gasteiger partial charge in [0, 0.05) is 25.2 Å². The Morgan fingerprint density at radius 1 is 1.17 bits per heavy atom. The van der Waals surface area contributed by atoms with Crippen molar-refractivity contribution in [2.45, 2.75) is 39.5 Å². The number of aromatic nitrogens is 1. The Labute approximate surface area is 108 Å². The zero-order valence-corrected chi connectivity index (χ0v) is 11.5. The lowest BCUT2D eigenvalue weighted by Gasteiger charge is -2.13. The number of rotatable bonds is 5. The number of fused-ring (bicyclic) bond motifs is 1. The van der Waals surface area contributed by atoms with Gasteiger partial charge in [-0.05, 0) is 39.0 Å². The van der Waals surface area contributed by atoms with Crippen LogP contribution in [0.1, 0.15) is 20.8 Å². The molecule has 0 fully saturated rings. The molecule has 0 saturated carbocycles. The molecule has 2 rings (SSSR count). The SMILES string of the molecule is COC(C)Cn1ccc2c(OC(C)C)cccc21. The molecule has 0 aliphatic carbocycles. The largest absolute Gasteiger partial charge is 0.490 e. The number of nitrogens with zero attached hydrogens (tertiary/aromatic N) is 1. The quantitative estimate of drug-likeness (QED) is 0.807. The second kappa shape index (κ2) is 5.44. The molecule has 2 aromatic rings. The summed E-state index contributed by atoms with van der Waals surface area (Å²) in [5, 5.41) is 1.16. The van der Waals surface area contributed by atoms with E-state index in [2.05, 4.69) is 29.8 Å². The first kappa shape index (κ1) is 13.0. The van der Waals surface area contributed by atoms with Crippen molar-refractivity contribution in [1.82, 2.24) is 4.57 Å². The van der Waals surface area contributed by atoms with Crippen LogP contribution in [0.2, 0.25) is 0 Å². The maximum Gasteiger partial charge on any atom is 0.129 e. The number of methoxy groups -OCH3 is 1. The summed E-state index contributed by atoms with van der Waals surface area (Å²) in [4.78, 5) is 0. The lowest BCUT2D eigenvalue weighted by atomic mass is 10.2. The summed E-state index contributed by atoms with van der Waals surface area (Å²) >= 11 is 0. The predicted octanol–water partition coefficient (Wildman–Crippen LogP) is 3.46. The minimum Gasteiger partial charge on any atom is -0.490 e. The standard InChI is InChI=1S/C15H21NO2/c1-11(2)18-15-7-5-6-14-13(15)8-9-16(14)10-12(3)17-4/h5-9,11-12H,10H2,1-4H3. The summed E-state index contributed by atoms with van der Waals surface area (Å²) in [5.41, 5.74) is 1.19. The number of hydrogen-bond acceptors (Lipinski definition) is 2. The van der Waals surface area contributed by atoms with Crippen molar-refractivity contribution in [3.05, 3.63) is 30.5 Å². The van der Waals surface area contributed by atoms with E-state index in [-0.39, 0.29) is 12.2 Å². The third kappa shape index (κ3) is 2.67. The Morgan fingerprint density at radius 3 is 2.61 bits per heavy atom. The molecule has 98 valence electrons. The van der Waals surface area contributed by atoms with E-state index in [1.807, 2.05) is 26.0 Å². The van der Waals surface area contributed by atoms with Gasteiger partial charge in [-0.15, -0.1) is 0 Å². The minimum atomic E-state index is 0.192. The van der Waals surface area contributed by atoms with Gasteiger partial charge in [0.15, 0.2) is 0 Å². The molecule has 0 N–H and O–H groups in total. The van der Waals surface area contributed by atoms with Crippen LogP contribution >= 0.6 is 0 Å². The summed E-state index contributed by atoms with van der Waals surface area (Å²) < 4.78 is 13.3. The highest BCUT2D eigenvalue weighted by Crippen LogP contribution is 2.27. The fourth-order valence-electron chi connectivity index (χ4n) is 2.06. The van der Waals surface area contributed by atoms with Gasteiger partial charge < -0.3 is 14.0 Å². The van der Waals surface area contributed by atoms with Crippen LogP contribution in [0.15, 0.2) is 30.5 Å². The van der Waals surface area contributed by atoms with Crippen molar-refractivity contribution >= 4 is 10.9 Å². The van der Waals surface area contributed by atoms with Crippen molar-refractivity contribution in [2.24, 2.45) is 0 Å². The third-order valence-electron chi connectivity index (χ3n) is 2.99. The monoisotopic (exact) mass is 247 g/mol. The van der Waals surface area contributed by atoms with Crippen molar-refractivity contribution in [2.75, 3.05) is 7.11 Å². The van der Waals surface area contributed by atoms with Crippen molar-refractivity contribution in [1.29, 1.82) is 0 Å². The van der Waals surface area contributed by atoms with Crippen molar-refractivity contribution in [3.8, 4) is 5.75 Å². The highest BCUT2D eigenvalue weighted by atomic mass is 16.5. The zero-order valence-electron chi connectivity index (χ0n) is 11.5. The van der Waals surface area contributed by atoms with Gasteiger partial charge in [-0.3, -0.25) is 0 Å². The summed E-state index contributed by atoms with van der Waals surface area (Å²) in [6.45, 7) is 7.01. The van der Waals surface area contributed by atoms with E-state index in [0.717, 1.165) is 17.7 Å². The van der Waals surface area contributed by atoms with Crippen LogP contribution in [-0.4, -0.2) is 23.9 Å². The molecule has 1 aromatic carbocycles. The molecule has 0 aliphatic heterocycles. The number of ether oxygens (including phenoxy) is 2. The molecule has 1 atom stereocenters. The summed E-state index contributed by atoms with van der Waals surface area (Å²) in [7, 11) is 1.74. The van der Waals surface area contributed by atoms with E-state index in [4.69, 9.17) is 9.47 Å². The molecule has 0 bridgehead atoms. The fourth-order valence-corrected chi connectivity index (χ4v) is 2.06. The van der Waals surface area contributed by atoms with Crippen LogP contribution in [0.3, 0.4) is 0 Å². The molecular formula is C15H21NO2. The van der Waals surface area contributed by atoms with Gasteiger partial charge in [0.1, 0.15) is 5.75 Å². The van der Waals surface area contributed by atoms with Gasteiger partial charge in [-0.25, -0.2) is 0 Å². The van der Waals surface area contributed by atoms with Gasteiger partial charge in [-0.2, -0.15) is 0 Å². The third-order valence-corrected chi connectivity index (χ3v) is 2.99. The average molecular weight is 247 g/mol. The highest BCUT2D eigenvalue weighted by molar-refractivity contribution is 5.86. The average Bonchev–Trinajstić information content (AvgIpc) is 2.73. The van der Waals surface area contributed by atoms with E-state index in [1.54, 1.807) is 7.11 Å². The fraction of sp³-hybridized carbons (Fsp3) is 0.467. The Kier molecular flexibility index (Phi) is 3.92. The molecule has 0 spiro atoms. The van der Waals surface area contributed by atoms with Crippen LogP contribution < -0.4 is 4.74 Å². The summed E-state index contributed by atoms with van der Waals surface area (Å²) in [6.07, 6.45) is 2.49. The van der Waals surface area contributed by atoms with Crippen LogP contribution in [0, 0.1) is 0 Å². The number of benzene rings is 1. The smallest absolute Gasteiger partial charge is 0.129 e. The molecule has 0 radical (unpaired) electrons. The zero-order chi connectivity index (χ0) is 13.1. The van der Waals surface area contributed by atoms with E-state index >= 15 is 0 Å². The maximum atomic E-state index is 5.83. The summed E-state index contributed by atoms with van der Waals surface area (Å²) in [6, 6.07) is 8.28. The van der Waals surface area contributed by atoms with E-state index < -0.39 is 0 Å². The van der Waals surface area contributed by atoms with Gasteiger partial charge in [0.25, 0.3) is 0 Å². The Morgan fingerprint density at radius 2 is 1.94 bits per heavy atom. The lowest BCUT2D eigenvalue weighted by Crippen LogP contribution is -2.13. The Balaban J connectivity index is 2.35. The first-order valence-electron chi connectivity index (χ1n) is 6.39. The number of hydrogen-bond donors (Lipinski definition) is 0. The Bertz CT molecular complexity index is 516. The molecule has 3 nitrogen and oxygen atoms in total. The molecule has 3 heteroatoms. The van der Waals surface area contributed by atoms with Crippen LogP contribution in [-0.2, 0) is 11.3 Å². The lowest BCUT2D eigenvalue weighted by molar-refractivity contribution is 0.104. The van der Waals surface area contributed by atoms with Crippen molar-refractivity contribution < 1.29 is 9.47 Å². The van der Waals surface area contributed by atoms with Crippen LogP contribution in [0.25, 0.3) is 10.9 Å². The van der Waals surface area contributed by atoms with E-state index in [9.17, 15) is 0 Å². The Hall–Kier alpha value is -1.48. The molecule has 0 aliphatic rings. The molecule has 0 amide bonds.